The van der Waals surface area contributed by atoms with Gasteiger partial charge in [0, 0.05) is 13.6 Å². The van der Waals surface area contributed by atoms with Crippen LogP contribution in [-0.2, 0) is 0 Å². The summed E-state index contributed by atoms with van der Waals surface area (Å²) in [6.45, 7) is 5.78. The zero-order valence-electron chi connectivity index (χ0n) is 14.3. The van der Waals surface area contributed by atoms with E-state index in [0.717, 1.165) is 38.0 Å². The molecule has 1 amide bonds. The monoisotopic (exact) mass is 307 g/mol. The van der Waals surface area contributed by atoms with Crippen LogP contribution in [0, 0.1) is 6.92 Å². The highest BCUT2D eigenvalue weighted by molar-refractivity contribution is 5.70. The summed E-state index contributed by atoms with van der Waals surface area (Å²) in [7, 11) is 5.85. The molecule has 1 N–H and O–H groups in total. The summed E-state index contributed by atoms with van der Waals surface area (Å²) in [6.07, 6.45) is 1.77. The van der Waals surface area contributed by atoms with Gasteiger partial charge in [-0.25, -0.2) is 4.79 Å². The van der Waals surface area contributed by atoms with Crippen molar-refractivity contribution in [3.05, 3.63) is 29.8 Å². The Morgan fingerprint density at radius 3 is 2.36 bits per heavy atom. The summed E-state index contributed by atoms with van der Waals surface area (Å²) in [6, 6.07) is 7.50. The van der Waals surface area contributed by atoms with E-state index in [1.54, 1.807) is 11.9 Å². The average Bonchev–Trinajstić information content (AvgIpc) is 2.49. The minimum Gasteiger partial charge on any atom is -0.410 e. The van der Waals surface area contributed by atoms with E-state index in [9.17, 15) is 4.79 Å². The zero-order chi connectivity index (χ0) is 16.4. The molecule has 22 heavy (non-hydrogen) atoms. The summed E-state index contributed by atoms with van der Waals surface area (Å²) in [5.74, 6) is 0.589. The molecule has 0 aromatic heterocycles. The number of benzene rings is 1. The number of carbonyl (C=O) groups excluding carboxylic acids is 1. The molecule has 0 atom stereocenters. The number of carbonyl (C=O) groups is 1. The van der Waals surface area contributed by atoms with Gasteiger partial charge in [0.15, 0.2) is 0 Å². The van der Waals surface area contributed by atoms with Gasteiger partial charge < -0.3 is 19.9 Å². The topological polar surface area (TPSA) is 44.8 Å². The normalized spacial score (nSPS) is 10.8. The molecule has 5 heteroatoms. The number of ether oxygens (including phenoxy) is 1. The van der Waals surface area contributed by atoms with Gasteiger partial charge in [-0.05, 0) is 65.6 Å². The van der Waals surface area contributed by atoms with E-state index in [1.807, 2.05) is 38.2 Å². The van der Waals surface area contributed by atoms with Gasteiger partial charge in [-0.1, -0.05) is 17.7 Å². The third-order valence-corrected chi connectivity index (χ3v) is 3.54. The molecular weight excluding hydrogens is 278 g/mol. The molecule has 0 fully saturated rings. The van der Waals surface area contributed by atoms with Gasteiger partial charge >= 0.3 is 6.09 Å². The predicted octanol–water partition coefficient (Wildman–Crippen LogP) is 2.36. The van der Waals surface area contributed by atoms with Crippen molar-refractivity contribution in [2.24, 2.45) is 0 Å². The molecule has 1 rings (SSSR count). The van der Waals surface area contributed by atoms with Crippen LogP contribution in [0.5, 0.6) is 5.75 Å². The first-order chi connectivity index (χ1) is 10.5. The van der Waals surface area contributed by atoms with Gasteiger partial charge in [0.25, 0.3) is 0 Å². The highest BCUT2D eigenvalue weighted by Crippen LogP contribution is 2.12. The van der Waals surface area contributed by atoms with Crippen LogP contribution < -0.4 is 10.1 Å². The van der Waals surface area contributed by atoms with Crippen LogP contribution in [0.3, 0.4) is 0 Å². The molecule has 0 saturated carbocycles. The number of nitrogens with zero attached hydrogens (tertiary/aromatic N) is 2. The fourth-order valence-electron chi connectivity index (χ4n) is 2.09. The minimum absolute atomic E-state index is 0.304. The van der Waals surface area contributed by atoms with Gasteiger partial charge in [-0.3, -0.25) is 0 Å². The Hall–Kier alpha value is -1.59. The second kappa shape index (κ2) is 10.2. The number of rotatable bonds is 9. The van der Waals surface area contributed by atoms with E-state index < -0.39 is 0 Å². The van der Waals surface area contributed by atoms with E-state index in [2.05, 4.69) is 17.3 Å². The smallest absolute Gasteiger partial charge is 0.410 e. The van der Waals surface area contributed by atoms with Gasteiger partial charge in [0.2, 0.25) is 0 Å². The third-order valence-electron chi connectivity index (χ3n) is 3.54. The van der Waals surface area contributed by atoms with Crippen LogP contribution >= 0.6 is 0 Å². The Morgan fingerprint density at radius 1 is 1.09 bits per heavy atom. The summed E-state index contributed by atoms with van der Waals surface area (Å²) in [5.41, 5.74) is 1.15. The molecule has 124 valence electrons. The molecule has 0 saturated heterocycles. The van der Waals surface area contributed by atoms with Crippen LogP contribution in [0.1, 0.15) is 18.4 Å². The lowest BCUT2D eigenvalue weighted by atomic mass is 10.2. The van der Waals surface area contributed by atoms with Crippen molar-refractivity contribution in [2.75, 3.05) is 47.3 Å². The van der Waals surface area contributed by atoms with Crippen molar-refractivity contribution in [1.82, 2.24) is 15.1 Å². The van der Waals surface area contributed by atoms with Crippen molar-refractivity contribution >= 4 is 6.09 Å². The van der Waals surface area contributed by atoms with Gasteiger partial charge in [0.05, 0.1) is 0 Å². The molecule has 0 bridgehead atoms. The van der Waals surface area contributed by atoms with Crippen LogP contribution in [0.15, 0.2) is 24.3 Å². The van der Waals surface area contributed by atoms with Crippen LogP contribution in [-0.4, -0.2) is 63.2 Å². The fraction of sp³-hybridized carbons (Fsp3) is 0.588. The molecule has 0 unspecified atom stereocenters. The van der Waals surface area contributed by atoms with E-state index in [4.69, 9.17) is 4.74 Å². The molecule has 0 aliphatic rings. The summed E-state index contributed by atoms with van der Waals surface area (Å²) < 4.78 is 5.33. The second-order valence-corrected chi connectivity index (χ2v) is 5.72. The lowest BCUT2D eigenvalue weighted by Gasteiger charge is -2.20. The van der Waals surface area contributed by atoms with Crippen LogP contribution in [0.4, 0.5) is 4.79 Å². The SMILES string of the molecule is CNCCCN(C)CCCN(C)C(=O)Oc1ccc(C)cc1. The third kappa shape index (κ3) is 7.43. The van der Waals surface area contributed by atoms with Crippen molar-refractivity contribution < 1.29 is 9.53 Å². The number of nitrogens with one attached hydrogen (secondary N) is 1. The molecule has 1 aromatic rings. The first kappa shape index (κ1) is 18.5. The predicted molar refractivity (Wildman–Crippen MR) is 90.5 cm³/mol. The average molecular weight is 307 g/mol. The Kier molecular flexibility index (Phi) is 8.55. The zero-order valence-corrected chi connectivity index (χ0v) is 14.3. The molecule has 0 radical (unpaired) electrons. The van der Waals surface area contributed by atoms with E-state index in [-0.39, 0.29) is 6.09 Å². The molecule has 0 aliphatic carbocycles. The van der Waals surface area contributed by atoms with Crippen LogP contribution in [0.25, 0.3) is 0 Å². The molecule has 1 aromatic carbocycles. The van der Waals surface area contributed by atoms with Crippen LogP contribution in [0.2, 0.25) is 0 Å². The van der Waals surface area contributed by atoms with Crippen molar-refractivity contribution in [2.45, 2.75) is 19.8 Å². The Morgan fingerprint density at radius 2 is 1.73 bits per heavy atom. The lowest BCUT2D eigenvalue weighted by Crippen LogP contribution is -2.33. The Bertz CT molecular complexity index is 434. The molecule has 5 nitrogen and oxygen atoms in total. The highest BCUT2D eigenvalue weighted by Gasteiger charge is 2.11. The fourth-order valence-corrected chi connectivity index (χ4v) is 2.09. The van der Waals surface area contributed by atoms with Crippen molar-refractivity contribution in [1.29, 1.82) is 0 Å². The molecule has 0 spiro atoms. The molecule has 0 heterocycles. The number of hydrogen-bond donors (Lipinski definition) is 1. The Labute approximate surface area is 134 Å². The molecular formula is C17H29N3O2. The Balaban J connectivity index is 2.22. The van der Waals surface area contributed by atoms with Gasteiger partial charge in [-0.2, -0.15) is 0 Å². The maximum atomic E-state index is 12.0. The first-order valence-electron chi connectivity index (χ1n) is 7.85. The number of aryl methyl sites for hydroxylation is 1. The summed E-state index contributed by atoms with van der Waals surface area (Å²) in [4.78, 5) is 15.9. The van der Waals surface area contributed by atoms with Crippen molar-refractivity contribution in [3.8, 4) is 5.75 Å². The van der Waals surface area contributed by atoms with E-state index in [0.29, 0.717) is 12.3 Å². The van der Waals surface area contributed by atoms with Crippen molar-refractivity contribution in [3.63, 3.8) is 0 Å². The standard InChI is InChI=1S/C17H29N3O2/c1-15-7-9-16(10-8-15)22-17(21)20(4)14-6-13-19(3)12-5-11-18-2/h7-10,18H,5-6,11-14H2,1-4H3. The highest BCUT2D eigenvalue weighted by atomic mass is 16.6. The largest absolute Gasteiger partial charge is 0.414 e. The van der Waals surface area contributed by atoms with E-state index in [1.165, 1.54) is 0 Å². The minimum atomic E-state index is -0.304. The summed E-state index contributed by atoms with van der Waals surface area (Å²) in [5, 5.41) is 3.14. The maximum absolute atomic E-state index is 12.0. The molecule has 0 aliphatic heterocycles. The second-order valence-electron chi connectivity index (χ2n) is 5.72. The first-order valence-corrected chi connectivity index (χ1v) is 7.85. The maximum Gasteiger partial charge on any atom is 0.414 e. The van der Waals surface area contributed by atoms with Gasteiger partial charge in [0.1, 0.15) is 5.75 Å². The van der Waals surface area contributed by atoms with Gasteiger partial charge in [-0.15, -0.1) is 0 Å². The number of hydrogen-bond acceptors (Lipinski definition) is 4. The lowest BCUT2D eigenvalue weighted by molar-refractivity contribution is 0.160. The quantitative estimate of drug-likeness (QED) is 0.711. The number of amides is 1. The summed E-state index contributed by atoms with van der Waals surface area (Å²) >= 11 is 0. The van der Waals surface area contributed by atoms with E-state index >= 15 is 0 Å².